The topological polar surface area (TPSA) is 112 Å². The lowest BCUT2D eigenvalue weighted by Crippen LogP contribution is -2.13. The highest BCUT2D eigenvalue weighted by Crippen LogP contribution is 2.34. The predicted molar refractivity (Wildman–Crippen MR) is 139 cm³/mol. The van der Waals surface area contributed by atoms with E-state index in [1.54, 1.807) is 42.9 Å². The Morgan fingerprint density at radius 1 is 1.00 bits per heavy atom. The second-order valence-electron chi connectivity index (χ2n) is 9.18. The van der Waals surface area contributed by atoms with Crippen LogP contribution in [0.15, 0.2) is 73.2 Å². The largest absolute Gasteiger partial charge is 0.324 e. The SMILES string of the molecule is O=C(Nc1cncc(-c2ccc3[nH]nc(-c4nc5c(-c6ccccc6F)ccnc5[nH]4)c3c2)c1)C1CC1. The van der Waals surface area contributed by atoms with Gasteiger partial charge in [-0.3, -0.25) is 14.9 Å². The lowest BCUT2D eigenvalue weighted by Gasteiger charge is -2.07. The summed E-state index contributed by atoms with van der Waals surface area (Å²) in [5, 5.41) is 11.4. The number of rotatable bonds is 5. The number of hydrogen-bond donors (Lipinski definition) is 3. The third-order valence-corrected chi connectivity index (χ3v) is 6.62. The van der Waals surface area contributed by atoms with Crippen LogP contribution in [-0.4, -0.2) is 36.0 Å². The number of nitrogens with zero attached hydrogens (tertiary/aromatic N) is 4. The summed E-state index contributed by atoms with van der Waals surface area (Å²) in [5.41, 5.74) is 6.16. The molecule has 0 spiro atoms. The molecule has 8 nitrogen and oxygen atoms in total. The monoisotopic (exact) mass is 489 g/mol. The van der Waals surface area contributed by atoms with Gasteiger partial charge in [-0.2, -0.15) is 5.10 Å². The number of pyridine rings is 2. The van der Waals surface area contributed by atoms with E-state index in [2.05, 4.69) is 30.5 Å². The van der Waals surface area contributed by atoms with Gasteiger partial charge in [-0.25, -0.2) is 14.4 Å². The van der Waals surface area contributed by atoms with Crippen LogP contribution in [0.3, 0.4) is 0 Å². The minimum atomic E-state index is -0.321. The first-order valence-corrected chi connectivity index (χ1v) is 12.0. The van der Waals surface area contributed by atoms with E-state index in [0.29, 0.717) is 39.5 Å². The van der Waals surface area contributed by atoms with Gasteiger partial charge in [0.1, 0.15) is 17.0 Å². The van der Waals surface area contributed by atoms with Gasteiger partial charge in [-0.1, -0.05) is 24.3 Å². The van der Waals surface area contributed by atoms with Gasteiger partial charge in [-0.15, -0.1) is 0 Å². The molecule has 0 atom stereocenters. The molecule has 1 saturated carbocycles. The second kappa shape index (κ2) is 8.34. The van der Waals surface area contributed by atoms with Gasteiger partial charge in [-0.05, 0) is 48.7 Å². The third-order valence-electron chi connectivity index (χ3n) is 6.62. The highest BCUT2D eigenvalue weighted by Gasteiger charge is 2.29. The lowest BCUT2D eigenvalue weighted by molar-refractivity contribution is -0.117. The number of aromatic nitrogens is 6. The van der Waals surface area contributed by atoms with Crippen LogP contribution in [0.25, 0.3) is 55.8 Å². The lowest BCUT2D eigenvalue weighted by atomic mass is 10.0. The minimum absolute atomic E-state index is 0.0415. The van der Waals surface area contributed by atoms with Crippen LogP contribution in [0.4, 0.5) is 10.1 Å². The van der Waals surface area contributed by atoms with Crippen molar-refractivity contribution < 1.29 is 9.18 Å². The molecule has 1 aliphatic rings. The Morgan fingerprint density at radius 2 is 1.89 bits per heavy atom. The van der Waals surface area contributed by atoms with Crippen LogP contribution < -0.4 is 5.32 Å². The number of aromatic amines is 2. The average Bonchev–Trinajstić information content (AvgIpc) is 3.55. The zero-order valence-corrected chi connectivity index (χ0v) is 19.5. The maximum Gasteiger partial charge on any atom is 0.227 e. The fourth-order valence-corrected chi connectivity index (χ4v) is 4.55. The molecule has 37 heavy (non-hydrogen) atoms. The van der Waals surface area contributed by atoms with Crippen LogP contribution >= 0.6 is 0 Å². The molecule has 1 amide bonds. The molecule has 1 fully saturated rings. The number of nitrogens with one attached hydrogen (secondary N) is 3. The van der Waals surface area contributed by atoms with Crippen LogP contribution in [0.1, 0.15) is 12.8 Å². The fourth-order valence-electron chi connectivity index (χ4n) is 4.55. The van der Waals surface area contributed by atoms with Gasteiger partial charge in [0, 0.05) is 40.4 Å². The fraction of sp³-hybridized carbons (Fsp3) is 0.107. The molecule has 0 bridgehead atoms. The molecule has 1 aliphatic carbocycles. The second-order valence-corrected chi connectivity index (χ2v) is 9.18. The molecule has 7 rings (SSSR count). The number of carbonyl (C=O) groups is 1. The summed E-state index contributed by atoms with van der Waals surface area (Å²) in [6.45, 7) is 0. The number of fused-ring (bicyclic) bond motifs is 2. The van der Waals surface area contributed by atoms with Crippen LogP contribution in [0.2, 0.25) is 0 Å². The molecular formula is C28H20FN7O. The highest BCUT2D eigenvalue weighted by molar-refractivity contribution is 5.98. The maximum atomic E-state index is 14.5. The Kier molecular flexibility index (Phi) is 4.81. The van der Waals surface area contributed by atoms with Crippen LogP contribution in [0.5, 0.6) is 0 Å². The molecule has 3 N–H and O–H groups in total. The summed E-state index contributed by atoms with van der Waals surface area (Å²) in [6, 6.07) is 16.2. The Labute approximate surface area is 210 Å². The number of carbonyl (C=O) groups excluding carboxylic acids is 1. The van der Waals surface area contributed by atoms with E-state index in [0.717, 1.165) is 34.9 Å². The molecule has 0 unspecified atom stereocenters. The molecule has 0 radical (unpaired) electrons. The minimum Gasteiger partial charge on any atom is -0.324 e. The van der Waals surface area contributed by atoms with E-state index in [4.69, 9.17) is 4.98 Å². The maximum absolute atomic E-state index is 14.5. The Hall–Kier alpha value is -4.92. The van der Waals surface area contributed by atoms with Gasteiger partial charge in [0.05, 0.1) is 17.4 Å². The molecule has 9 heteroatoms. The van der Waals surface area contributed by atoms with E-state index in [1.807, 2.05) is 24.3 Å². The van der Waals surface area contributed by atoms with E-state index in [9.17, 15) is 9.18 Å². The molecule has 180 valence electrons. The quantitative estimate of drug-likeness (QED) is 0.287. The number of anilines is 1. The molecule has 6 aromatic rings. The standard InChI is InChI=1S/C28H20FN7O/c29-22-4-2-1-3-19(22)20-9-10-31-26-24(20)33-27(34-26)25-21-12-16(7-8-23(21)35-36-25)17-11-18(14-30-13-17)32-28(37)15-5-6-15/h1-4,7-15H,5-6H2,(H,32,37)(H,35,36)(H,31,33,34). The first-order chi connectivity index (χ1) is 18.1. The van der Waals surface area contributed by atoms with Crippen LogP contribution in [-0.2, 0) is 4.79 Å². The van der Waals surface area contributed by atoms with Crippen molar-refractivity contribution in [1.29, 1.82) is 0 Å². The predicted octanol–water partition coefficient (Wildman–Crippen LogP) is 5.72. The summed E-state index contributed by atoms with van der Waals surface area (Å²) >= 11 is 0. The van der Waals surface area contributed by atoms with E-state index < -0.39 is 0 Å². The van der Waals surface area contributed by atoms with Crippen molar-refractivity contribution in [3.8, 4) is 33.8 Å². The van der Waals surface area contributed by atoms with E-state index in [1.165, 1.54) is 6.07 Å². The Bertz CT molecular complexity index is 1820. The van der Waals surface area contributed by atoms with Crippen molar-refractivity contribution >= 4 is 33.7 Å². The average molecular weight is 490 g/mol. The van der Waals surface area contributed by atoms with Crippen molar-refractivity contribution in [2.75, 3.05) is 5.32 Å². The van der Waals surface area contributed by atoms with Crippen molar-refractivity contribution in [1.82, 2.24) is 30.1 Å². The normalized spacial score (nSPS) is 13.3. The van der Waals surface area contributed by atoms with Gasteiger partial charge in [0.2, 0.25) is 5.91 Å². The zero-order chi connectivity index (χ0) is 24.9. The van der Waals surface area contributed by atoms with E-state index >= 15 is 0 Å². The van der Waals surface area contributed by atoms with Crippen LogP contribution in [0, 0.1) is 11.7 Å². The van der Waals surface area contributed by atoms with Crippen molar-refractivity contribution in [3.63, 3.8) is 0 Å². The van der Waals surface area contributed by atoms with Gasteiger partial charge < -0.3 is 10.3 Å². The van der Waals surface area contributed by atoms with E-state index in [-0.39, 0.29) is 17.6 Å². The number of H-pyrrole nitrogens is 2. The molecule has 4 aromatic heterocycles. The van der Waals surface area contributed by atoms with Gasteiger partial charge in [0.25, 0.3) is 0 Å². The Balaban J connectivity index is 1.29. The summed E-state index contributed by atoms with van der Waals surface area (Å²) in [6.07, 6.45) is 6.93. The smallest absolute Gasteiger partial charge is 0.227 e. The molecule has 4 heterocycles. The van der Waals surface area contributed by atoms with Crippen molar-refractivity contribution in [3.05, 3.63) is 79.0 Å². The summed E-state index contributed by atoms with van der Waals surface area (Å²) < 4.78 is 14.5. The first-order valence-electron chi connectivity index (χ1n) is 12.0. The molecule has 0 saturated heterocycles. The summed E-state index contributed by atoms with van der Waals surface area (Å²) in [7, 11) is 0. The number of halogens is 1. The van der Waals surface area contributed by atoms with Crippen molar-refractivity contribution in [2.45, 2.75) is 12.8 Å². The number of amides is 1. The molecule has 0 aliphatic heterocycles. The number of benzene rings is 2. The number of imidazole rings is 1. The molecular weight excluding hydrogens is 469 g/mol. The summed E-state index contributed by atoms with van der Waals surface area (Å²) in [5.74, 6) is 0.363. The van der Waals surface area contributed by atoms with Crippen molar-refractivity contribution in [2.24, 2.45) is 5.92 Å². The third kappa shape index (κ3) is 3.81. The number of hydrogen-bond acceptors (Lipinski definition) is 5. The molecule has 2 aromatic carbocycles. The first kappa shape index (κ1) is 21.4. The summed E-state index contributed by atoms with van der Waals surface area (Å²) in [4.78, 5) is 28.9. The highest BCUT2D eigenvalue weighted by atomic mass is 19.1. The Morgan fingerprint density at radius 3 is 2.76 bits per heavy atom. The zero-order valence-electron chi connectivity index (χ0n) is 19.5. The van der Waals surface area contributed by atoms with Gasteiger partial charge in [0.15, 0.2) is 11.5 Å². The van der Waals surface area contributed by atoms with Gasteiger partial charge >= 0.3 is 0 Å².